The summed E-state index contributed by atoms with van der Waals surface area (Å²) in [6, 6.07) is 75.5. The number of hydrogen-bond donors (Lipinski definition) is 0. The topological polar surface area (TPSA) is 62.3 Å². The maximum atomic E-state index is 2.50. The van der Waals surface area contributed by atoms with Crippen LogP contribution in [0.5, 0.6) is 0 Å². The van der Waals surface area contributed by atoms with E-state index in [9.17, 15) is 0 Å². The molecule has 0 saturated carbocycles. The van der Waals surface area contributed by atoms with Crippen LogP contribution in [0.1, 0.15) is 61.3 Å². The number of para-hydroxylation sites is 2. The van der Waals surface area contributed by atoms with E-state index in [1.807, 2.05) is 0 Å². The Morgan fingerprint density at radius 3 is 1.51 bits per heavy atom. The molecule has 0 saturated heterocycles. The Hall–Kier alpha value is -13.7. The molecule has 9 aromatic carbocycles. The lowest BCUT2D eigenvalue weighted by molar-refractivity contribution is -0.806. The molecule has 0 fully saturated rings. The van der Waals surface area contributed by atoms with Gasteiger partial charge >= 0.3 is 40.4 Å². The molecule has 108 heavy (non-hydrogen) atoms. The van der Waals surface area contributed by atoms with Gasteiger partial charge in [0.05, 0.1) is 16.7 Å². The summed E-state index contributed by atoms with van der Waals surface area (Å²) in [6.45, 7) is 12.1. The van der Waals surface area contributed by atoms with Crippen LogP contribution in [0.2, 0.25) is 0 Å². The van der Waals surface area contributed by atoms with Crippen LogP contribution in [0.25, 0.3) is 160 Å². The van der Waals surface area contributed by atoms with Crippen LogP contribution in [-0.2, 0) is 65.4 Å². The summed E-state index contributed by atoms with van der Waals surface area (Å²) in [5.74, 6) is 1.31. The first-order chi connectivity index (χ1) is 53.5. The predicted molar refractivity (Wildman–Crippen MR) is 411 cm³/mol. The minimum Gasteiger partial charge on any atom is -0.225 e. The zero-order chi connectivity index (χ0) is 69.5. The SMILES string of the molecule is Cc1c[n+]2c3cccc4c3c3c5c(cc[n+]3C4)Cn1c52.c1cc2c3c(c1)c1cccc4c1n1c3[n+](c[n+]1C4)C2.c1cc2c3c(c1)n1cc[n+]4c1c1c(cc[n+](c31)C2)C4.c1ccc(-c2[n+]3c4c5c(cccc5c5cccc6c5n4[n+]2C6)C3)cc1.c1ccc(-c2c[n+]3c4cccc5c4c4c6c(cc[n+]4C5)Cn2c63)cc1. The zero-order valence-corrected chi connectivity index (χ0v) is 59.0. The summed E-state index contributed by atoms with van der Waals surface area (Å²) < 4.78 is 36.2. The van der Waals surface area contributed by atoms with Crippen molar-refractivity contribution in [2.24, 2.45) is 0 Å². The van der Waals surface area contributed by atoms with Crippen molar-refractivity contribution < 1.29 is 45.6 Å². The Morgan fingerprint density at radius 1 is 0.324 bits per heavy atom. The number of imidazole rings is 3. The summed E-state index contributed by atoms with van der Waals surface area (Å²) in [7, 11) is 0. The summed E-state index contributed by atoms with van der Waals surface area (Å²) in [6.07, 6.45) is 18.0. The molecule has 0 radical (unpaired) electrons. The molecule has 23 heterocycles. The number of fused-ring (bicyclic) bond motifs is 5. The normalized spacial score (nSPS) is 14.5. The molecule has 0 bridgehead atoms. The van der Waals surface area contributed by atoms with Gasteiger partial charge in [0, 0.05) is 106 Å². The number of aryl methyl sites for hydroxylation is 1. The first-order valence-corrected chi connectivity index (χ1v) is 38.1. The Balaban J connectivity index is 0.0000000731. The maximum absolute atomic E-state index is 2.50. The maximum Gasteiger partial charge on any atom is 0.398 e. The Bertz CT molecular complexity index is 8020. The van der Waals surface area contributed by atoms with E-state index in [0.29, 0.717) is 0 Å². The molecular weight excluding hydrogens is 1330 g/mol. The molecule has 15 nitrogen and oxygen atoms in total. The molecule has 13 aromatic heterocycles. The summed E-state index contributed by atoms with van der Waals surface area (Å²) in [4.78, 5) is 0. The largest absolute Gasteiger partial charge is 0.398 e. The fourth-order valence-electron chi connectivity index (χ4n) is 22.0. The Morgan fingerprint density at radius 2 is 0.824 bits per heavy atom. The first-order valence-electron chi connectivity index (χ1n) is 38.1. The summed E-state index contributed by atoms with van der Waals surface area (Å²) >= 11 is 0. The first kappa shape index (κ1) is 55.8. The molecule has 502 valence electrons. The van der Waals surface area contributed by atoms with E-state index in [1.165, 1.54) is 221 Å². The van der Waals surface area contributed by atoms with Gasteiger partial charge in [-0.3, -0.25) is 0 Å². The van der Waals surface area contributed by atoms with E-state index >= 15 is 0 Å². The van der Waals surface area contributed by atoms with Gasteiger partial charge in [0.25, 0.3) is 0 Å². The number of nitrogens with zero attached hydrogens (tertiary/aromatic N) is 15. The molecule has 0 aliphatic carbocycles. The molecule has 10 aliphatic heterocycles. The number of pyridine rings is 8. The highest BCUT2D eigenvalue weighted by Crippen LogP contribution is 2.43. The van der Waals surface area contributed by atoms with Gasteiger partial charge in [-0.05, 0) is 64.0 Å². The summed E-state index contributed by atoms with van der Waals surface area (Å²) in [5, 5.41) is 17.1. The highest BCUT2D eigenvalue weighted by atomic mass is 15.5. The zero-order valence-electron chi connectivity index (χ0n) is 59.0. The van der Waals surface area contributed by atoms with Gasteiger partial charge in [-0.25, -0.2) is 13.7 Å². The Kier molecular flexibility index (Phi) is 9.95. The predicted octanol–water partition coefficient (Wildman–Crippen LogP) is 11.4. The lowest BCUT2D eigenvalue weighted by Gasteiger charge is -1.99. The van der Waals surface area contributed by atoms with Crippen LogP contribution in [0, 0.1) is 6.92 Å². The molecule has 22 aromatic rings. The van der Waals surface area contributed by atoms with Gasteiger partial charge in [0.2, 0.25) is 27.6 Å². The summed E-state index contributed by atoms with van der Waals surface area (Å²) in [5.41, 5.74) is 37.5. The monoisotopic (exact) mass is 1390 g/mol. The number of aromatic nitrogens is 15. The fourth-order valence-corrected chi connectivity index (χ4v) is 22.0. The van der Waals surface area contributed by atoms with E-state index < -0.39 is 0 Å². The molecular formula is C93H65N15+10. The van der Waals surface area contributed by atoms with Crippen molar-refractivity contribution >= 4 is 137 Å². The number of hydrogen-bond acceptors (Lipinski definition) is 0. The Labute approximate surface area is 613 Å². The van der Waals surface area contributed by atoms with Crippen molar-refractivity contribution in [1.82, 2.24) is 22.6 Å². The third-order valence-electron chi connectivity index (χ3n) is 26.2. The van der Waals surface area contributed by atoms with Crippen molar-refractivity contribution in [3.63, 3.8) is 0 Å². The fraction of sp³-hybridized carbons (Fsp3) is 0.118. The van der Waals surface area contributed by atoms with Crippen molar-refractivity contribution in [2.45, 2.75) is 72.4 Å². The van der Waals surface area contributed by atoms with Crippen molar-refractivity contribution in [1.29, 1.82) is 0 Å². The van der Waals surface area contributed by atoms with Crippen LogP contribution >= 0.6 is 0 Å². The molecule has 10 aliphatic rings. The molecule has 0 amide bonds. The highest BCUT2D eigenvalue weighted by molar-refractivity contribution is 6.16. The van der Waals surface area contributed by atoms with Crippen LogP contribution in [-0.4, -0.2) is 22.6 Å². The standard InChI is InChI=1S/2C22H15N3.C17H13N3.2C16H11N3/c1-2-6-14(7-3-1)21-23-12-15-8-4-10-17-18-11-5-9-16-13-24(21)25(20(16)18)22(23)19(15)17;1-2-5-14(6-3-1)18-13-25-17-8-4-7-15-11-23-10-9-16-12-24(18)22(25)20(16)21(23)19(15)17;1-10-7-20-13-4-2-3-11-8-18-6-5-12-9-19(10)17(20)15(12)16(18)14(11)13;1-3-10-7-17-9-18-8-11-4-2-6-13-12(5-1)14(10)16(17)19(18)15(11)13;1-2-10-8-17-5-4-11-9-18-6-7-19-12(3-1)13(10)15(17)14(11)16(18)19/h1-11H,12-13H2;1-10,13H,11-12H2;2-7H,8-9H2,1H3;1-6,9H,7-8H2;1-7H,8-9H2/q5*+2. The minimum atomic E-state index is 0.941. The smallest absolute Gasteiger partial charge is 0.225 e. The van der Waals surface area contributed by atoms with Crippen molar-refractivity contribution in [2.75, 3.05) is 0 Å². The highest BCUT2D eigenvalue weighted by Gasteiger charge is 2.48. The third kappa shape index (κ3) is 6.65. The lowest BCUT2D eigenvalue weighted by Crippen LogP contribution is -2.44. The van der Waals surface area contributed by atoms with Gasteiger partial charge < -0.3 is 0 Å². The molecule has 0 unspecified atom stereocenters. The van der Waals surface area contributed by atoms with Gasteiger partial charge in [-0.15, -0.1) is 9.13 Å². The van der Waals surface area contributed by atoms with Crippen LogP contribution in [0.4, 0.5) is 0 Å². The molecule has 0 spiro atoms. The number of benzene rings is 9. The van der Waals surface area contributed by atoms with Crippen LogP contribution in [0.3, 0.4) is 0 Å². The van der Waals surface area contributed by atoms with Crippen LogP contribution < -0.4 is 45.6 Å². The van der Waals surface area contributed by atoms with Gasteiger partial charge in [0.15, 0.2) is 57.0 Å². The molecule has 32 rings (SSSR count). The van der Waals surface area contributed by atoms with E-state index in [-0.39, 0.29) is 0 Å². The van der Waals surface area contributed by atoms with Gasteiger partial charge in [0.1, 0.15) is 123 Å². The van der Waals surface area contributed by atoms with E-state index in [4.69, 9.17) is 0 Å². The van der Waals surface area contributed by atoms with Gasteiger partial charge in [-0.2, -0.15) is 26.9 Å². The third-order valence-corrected chi connectivity index (χ3v) is 26.2. The van der Waals surface area contributed by atoms with Crippen LogP contribution in [0.15, 0.2) is 256 Å². The second kappa shape index (κ2) is 19.2. The van der Waals surface area contributed by atoms with E-state index in [1.54, 1.807) is 0 Å². The second-order valence-electron chi connectivity index (χ2n) is 31.6. The molecule has 0 atom stereocenters. The van der Waals surface area contributed by atoms with Crippen molar-refractivity contribution in [3.05, 3.63) is 317 Å². The van der Waals surface area contributed by atoms with E-state index in [2.05, 4.69) is 331 Å². The number of rotatable bonds is 2. The van der Waals surface area contributed by atoms with E-state index in [0.717, 1.165) is 65.4 Å². The average Bonchev–Trinajstić information content (AvgIpc) is 1.54. The quantitative estimate of drug-likeness (QED) is 0.122. The minimum absolute atomic E-state index is 0.941. The second-order valence-corrected chi connectivity index (χ2v) is 31.6. The lowest BCUT2D eigenvalue weighted by atomic mass is 10.0. The average molecular weight is 1390 g/mol. The van der Waals surface area contributed by atoms with Gasteiger partial charge in [-0.1, -0.05) is 133 Å². The molecule has 0 N–H and O–H groups in total. The van der Waals surface area contributed by atoms with Crippen molar-refractivity contribution in [3.8, 4) is 22.6 Å². The molecule has 15 heteroatoms.